The molecule has 0 aliphatic heterocycles. The van der Waals surface area contributed by atoms with Gasteiger partial charge in [0.15, 0.2) is 0 Å². The highest BCUT2D eigenvalue weighted by Gasteiger charge is 2.36. The third-order valence-electron chi connectivity index (χ3n) is 3.43. The highest BCUT2D eigenvalue weighted by molar-refractivity contribution is 14.1. The van der Waals surface area contributed by atoms with Crippen molar-refractivity contribution >= 4 is 32.6 Å². The first-order chi connectivity index (χ1) is 8.47. The minimum atomic E-state index is -3.46. The fraction of sp³-hybridized carbons (Fsp3) is 0.500. The normalized spacial score (nSPS) is 19.0. The van der Waals surface area contributed by atoms with Crippen molar-refractivity contribution in [2.45, 2.75) is 36.1 Å². The number of nitrogens with one attached hydrogen (secondary N) is 1. The van der Waals surface area contributed by atoms with Crippen LogP contribution in [0.2, 0.25) is 0 Å². The van der Waals surface area contributed by atoms with Gasteiger partial charge in [-0.3, -0.25) is 0 Å². The molecule has 0 aromatic heterocycles. The monoisotopic (exact) mass is 380 g/mol. The van der Waals surface area contributed by atoms with Gasteiger partial charge in [-0.2, -0.15) is 0 Å². The Hall–Kier alpha value is -0.180. The summed E-state index contributed by atoms with van der Waals surface area (Å²) in [6.07, 6.45) is 3.72. The van der Waals surface area contributed by atoms with Gasteiger partial charge in [-0.15, -0.1) is 0 Å². The Morgan fingerprint density at radius 1 is 1.22 bits per heavy atom. The molecule has 0 radical (unpaired) electrons. The van der Waals surface area contributed by atoms with Crippen molar-refractivity contribution in [3.05, 3.63) is 27.8 Å². The average molecular weight is 380 g/mol. The van der Waals surface area contributed by atoms with E-state index in [1.165, 1.54) is 0 Å². The molecule has 1 aromatic carbocycles. The Morgan fingerprint density at radius 3 is 2.28 bits per heavy atom. The van der Waals surface area contributed by atoms with Gasteiger partial charge in [-0.25, -0.2) is 13.1 Å². The number of benzene rings is 1. The minimum absolute atomic E-state index is 0.308. The van der Waals surface area contributed by atoms with Gasteiger partial charge >= 0.3 is 0 Å². The zero-order valence-corrected chi connectivity index (χ0v) is 13.0. The highest BCUT2D eigenvalue weighted by atomic mass is 127. The van der Waals surface area contributed by atoms with Crippen LogP contribution in [0.15, 0.2) is 29.2 Å². The van der Waals surface area contributed by atoms with E-state index in [9.17, 15) is 8.42 Å². The summed E-state index contributed by atoms with van der Waals surface area (Å²) < 4.78 is 28.4. The fourth-order valence-corrected chi connectivity index (χ4v) is 4.19. The molecule has 0 spiro atoms. The maximum atomic E-state index is 12.3. The molecule has 3 N–H and O–H groups in total. The van der Waals surface area contributed by atoms with E-state index in [4.69, 9.17) is 5.73 Å². The average Bonchev–Trinajstić information content (AvgIpc) is 2.78. The van der Waals surface area contributed by atoms with Crippen LogP contribution < -0.4 is 10.5 Å². The van der Waals surface area contributed by atoms with Crippen LogP contribution in [0.4, 0.5) is 0 Å². The van der Waals surface area contributed by atoms with Crippen LogP contribution in [-0.4, -0.2) is 20.5 Å². The molecule has 1 aliphatic rings. The summed E-state index contributed by atoms with van der Waals surface area (Å²) in [5.74, 6) is 0. The van der Waals surface area contributed by atoms with E-state index in [-0.39, 0.29) is 0 Å². The fourth-order valence-electron chi connectivity index (χ4n) is 2.36. The quantitative estimate of drug-likeness (QED) is 0.784. The van der Waals surface area contributed by atoms with E-state index >= 15 is 0 Å². The molecule has 0 heterocycles. The first kappa shape index (κ1) is 14.2. The lowest BCUT2D eigenvalue weighted by Crippen LogP contribution is -2.51. The molecule has 0 atom stereocenters. The smallest absolute Gasteiger partial charge is 0.241 e. The minimum Gasteiger partial charge on any atom is -0.329 e. The molecule has 4 nitrogen and oxygen atoms in total. The van der Waals surface area contributed by atoms with Gasteiger partial charge in [0.05, 0.1) is 4.90 Å². The van der Waals surface area contributed by atoms with Gasteiger partial charge in [0.25, 0.3) is 0 Å². The molecule has 0 unspecified atom stereocenters. The van der Waals surface area contributed by atoms with E-state index in [1.807, 2.05) is 0 Å². The largest absolute Gasteiger partial charge is 0.329 e. The van der Waals surface area contributed by atoms with Gasteiger partial charge < -0.3 is 5.73 Å². The van der Waals surface area contributed by atoms with E-state index in [2.05, 4.69) is 27.3 Å². The zero-order valence-electron chi connectivity index (χ0n) is 10.0. The van der Waals surface area contributed by atoms with Crippen molar-refractivity contribution in [2.24, 2.45) is 5.73 Å². The molecule has 1 aliphatic carbocycles. The van der Waals surface area contributed by atoms with Crippen LogP contribution in [0, 0.1) is 3.57 Å². The van der Waals surface area contributed by atoms with Crippen molar-refractivity contribution in [1.82, 2.24) is 4.72 Å². The molecule has 6 heteroatoms. The maximum Gasteiger partial charge on any atom is 0.241 e. The van der Waals surface area contributed by atoms with Crippen LogP contribution in [0.1, 0.15) is 25.7 Å². The molecular formula is C12H17IN2O2S. The summed E-state index contributed by atoms with van der Waals surface area (Å²) in [6, 6.07) is 6.84. The van der Waals surface area contributed by atoms with Crippen LogP contribution in [-0.2, 0) is 10.0 Å². The molecule has 2 rings (SSSR count). The lowest BCUT2D eigenvalue weighted by molar-refractivity contribution is 0.399. The molecule has 0 amide bonds. The number of hydrogen-bond acceptors (Lipinski definition) is 3. The van der Waals surface area contributed by atoms with Gasteiger partial charge in [0, 0.05) is 15.7 Å². The van der Waals surface area contributed by atoms with Crippen molar-refractivity contribution < 1.29 is 8.42 Å². The SMILES string of the molecule is NCC1(NS(=O)(=O)c2ccc(I)cc2)CCCC1. The molecule has 1 fully saturated rings. The second-order valence-corrected chi connectivity index (χ2v) is 7.68. The summed E-state index contributed by atoms with van der Waals surface area (Å²) >= 11 is 2.15. The van der Waals surface area contributed by atoms with Crippen LogP contribution in [0.25, 0.3) is 0 Å². The van der Waals surface area contributed by atoms with Gasteiger partial charge in [0.2, 0.25) is 10.0 Å². The highest BCUT2D eigenvalue weighted by Crippen LogP contribution is 2.30. The number of hydrogen-bond donors (Lipinski definition) is 2. The van der Waals surface area contributed by atoms with Crippen molar-refractivity contribution in [2.75, 3.05) is 6.54 Å². The van der Waals surface area contributed by atoms with Gasteiger partial charge in [0.1, 0.15) is 0 Å². The molecular weight excluding hydrogens is 363 g/mol. The predicted molar refractivity (Wildman–Crippen MR) is 79.7 cm³/mol. The Kier molecular flexibility index (Phi) is 4.30. The van der Waals surface area contributed by atoms with E-state index in [0.29, 0.717) is 11.4 Å². The third-order valence-corrected chi connectivity index (χ3v) is 5.74. The summed E-state index contributed by atoms with van der Waals surface area (Å²) in [5, 5.41) is 0. The maximum absolute atomic E-state index is 12.3. The Labute approximate surface area is 122 Å². The topological polar surface area (TPSA) is 72.2 Å². The summed E-state index contributed by atoms with van der Waals surface area (Å²) in [4.78, 5) is 0.308. The Morgan fingerprint density at radius 2 is 1.78 bits per heavy atom. The van der Waals surface area contributed by atoms with Crippen molar-refractivity contribution in [3.8, 4) is 0 Å². The lowest BCUT2D eigenvalue weighted by atomic mass is 10.0. The van der Waals surface area contributed by atoms with Crippen molar-refractivity contribution in [1.29, 1.82) is 0 Å². The van der Waals surface area contributed by atoms with Crippen LogP contribution >= 0.6 is 22.6 Å². The Bertz CT molecular complexity index is 507. The molecule has 1 aromatic rings. The van der Waals surface area contributed by atoms with E-state index in [1.54, 1.807) is 24.3 Å². The standard InChI is InChI=1S/C12H17IN2O2S/c13-10-3-5-11(6-4-10)18(16,17)15-12(9-14)7-1-2-8-12/h3-6,15H,1-2,7-9,14H2. The molecule has 100 valence electrons. The zero-order chi connectivity index (χ0) is 13.2. The molecule has 0 saturated heterocycles. The van der Waals surface area contributed by atoms with E-state index in [0.717, 1.165) is 29.3 Å². The van der Waals surface area contributed by atoms with Gasteiger partial charge in [-0.05, 0) is 59.7 Å². The first-order valence-electron chi connectivity index (χ1n) is 5.97. The molecule has 18 heavy (non-hydrogen) atoms. The van der Waals surface area contributed by atoms with Crippen LogP contribution in [0.5, 0.6) is 0 Å². The number of rotatable bonds is 4. The second-order valence-electron chi connectivity index (χ2n) is 4.75. The predicted octanol–water partition coefficient (Wildman–Crippen LogP) is 1.84. The lowest BCUT2D eigenvalue weighted by Gasteiger charge is -2.28. The number of nitrogens with two attached hydrogens (primary N) is 1. The number of sulfonamides is 1. The van der Waals surface area contributed by atoms with Crippen LogP contribution in [0.3, 0.4) is 0 Å². The first-order valence-corrected chi connectivity index (χ1v) is 8.53. The number of halogens is 1. The summed E-state index contributed by atoms with van der Waals surface area (Å²) in [6.45, 7) is 0.358. The molecule has 1 saturated carbocycles. The second kappa shape index (κ2) is 5.44. The summed E-state index contributed by atoms with van der Waals surface area (Å²) in [5.41, 5.74) is 5.31. The van der Waals surface area contributed by atoms with Crippen molar-refractivity contribution in [3.63, 3.8) is 0 Å². The third kappa shape index (κ3) is 3.04. The van der Waals surface area contributed by atoms with E-state index < -0.39 is 15.6 Å². The Balaban J connectivity index is 2.24. The van der Waals surface area contributed by atoms with Gasteiger partial charge in [-0.1, -0.05) is 12.8 Å². The summed E-state index contributed by atoms with van der Waals surface area (Å²) in [7, 11) is -3.46. The molecule has 0 bridgehead atoms.